The van der Waals surface area contributed by atoms with Crippen molar-refractivity contribution < 1.29 is 19.4 Å². The number of carboxylic acid groups (broad SMARTS) is 1. The molecule has 2 rings (SSSR count). The van der Waals surface area contributed by atoms with Crippen LogP contribution in [0.4, 0.5) is 0 Å². The molecule has 0 bridgehead atoms. The third-order valence-electron chi connectivity index (χ3n) is 3.36. The van der Waals surface area contributed by atoms with Crippen molar-refractivity contribution in [1.82, 2.24) is 9.88 Å². The second-order valence-electron chi connectivity index (χ2n) is 4.68. The van der Waals surface area contributed by atoms with Crippen LogP contribution >= 0.6 is 0 Å². The lowest BCUT2D eigenvalue weighted by Gasteiger charge is -2.24. The molecular weight excluding hydrogens is 260 g/mol. The summed E-state index contributed by atoms with van der Waals surface area (Å²) in [6.45, 7) is 3.55. The van der Waals surface area contributed by atoms with Gasteiger partial charge < -0.3 is 14.7 Å². The maximum Gasteiger partial charge on any atom is 0.338 e. The van der Waals surface area contributed by atoms with Crippen LogP contribution in [0.2, 0.25) is 0 Å². The largest absolute Gasteiger partial charge is 0.478 e. The van der Waals surface area contributed by atoms with E-state index in [1.807, 2.05) is 6.92 Å². The average molecular weight is 278 g/mol. The van der Waals surface area contributed by atoms with E-state index in [1.54, 1.807) is 4.90 Å². The molecule has 0 spiro atoms. The van der Waals surface area contributed by atoms with Gasteiger partial charge in [0.25, 0.3) is 5.91 Å². The Kier molecular flexibility index (Phi) is 4.68. The van der Waals surface area contributed by atoms with Crippen molar-refractivity contribution in [3.05, 3.63) is 29.6 Å². The van der Waals surface area contributed by atoms with Crippen molar-refractivity contribution in [3.8, 4) is 0 Å². The van der Waals surface area contributed by atoms with E-state index >= 15 is 0 Å². The number of carboxylic acids is 1. The van der Waals surface area contributed by atoms with Gasteiger partial charge in [0.2, 0.25) is 0 Å². The third-order valence-corrected chi connectivity index (χ3v) is 3.36. The fourth-order valence-electron chi connectivity index (χ4n) is 2.29. The molecule has 1 unspecified atom stereocenters. The van der Waals surface area contributed by atoms with Gasteiger partial charge in [-0.3, -0.25) is 9.78 Å². The van der Waals surface area contributed by atoms with E-state index in [0.717, 1.165) is 19.4 Å². The molecular formula is C14H18N2O4. The molecule has 0 saturated carbocycles. The standard InChI is InChI=1S/C14H18N2O4/c1-2-16(9-10-5-4-8-20-10)13(17)12-11(14(18)19)6-3-7-15-12/h3,6-7,10H,2,4-5,8-9H2,1H3,(H,18,19). The summed E-state index contributed by atoms with van der Waals surface area (Å²) < 4.78 is 5.52. The van der Waals surface area contributed by atoms with Crippen molar-refractivity contribution >= 4 is 11.9 Å². The van der Waals surface area contributed by atoms with E-state index in [4.69, 9.17) is 9.84 Å². The lowest BCUT2D eigenvalue weighted by Crippen LogP contribution is -2.38. The number of carbonyl (C=O) groups is 2. The van der Waals surface area contributed by atoms with Crippen LogP contribution in [-0.2, 0) is 4.74 Å². The summed E-state index contributed by atoms with van der Waals surface area (Å²) in [7, 11) is 0. The topological polar surface area (TPSA) is 79.7 Å². The van der Waals surface area contributed by atoms with Gasteiger partial charge in [-0.1, -0.05) is 0 Å². The highest BCUT2D eigenvalue weighted by Gasteiger charge is 2.26. The van der Waals surface area contributed by atoms with Crippen molar-refractivity contribution in [1.29, 1.82) is 0 Å². The van der Waals surface area contributed by atoms with Gasteiger partial charge in [0, 0.05) is 25.9 Å². The molecule has 6 heteroatoms. The second kappa shape index (κ2) is 6.47. The Morgan fingerprint density at radius 3 is 2.95 bits per heavy atom. The number of nitrogens with zero attached hydrogens (tertiary/aromatic N) is 2. The normalized spacial score (nSPS) is 17.9. The van der Waals surface area contributed by atoms with Crippen LogP contribution < -0.4 is 0 Å². The summed E-state index contributed by atoms with van der Waals surface area (Å²) in [5, 5.41) is 9.12. The minimum atomic E-state index is -1.14. The van der Waals surface area contributed by atoms with Crippen LogP contribution in [0.25, 0.3) is 0 Å². The van der Waals surface area contributed by atoms with Gasteiger partial charge in [0.15, 0.2) is 0 Å². The molecule has 1 N–H and O–H groups in total. The second-order valence-corrected chi connectivity index (χ2v) is 4.68. The first kappa shape index (κ1) is 14.5. The van der Waals surface area contributed by atoms with Crippen LogP contribution in [0.3, 0.4) is 0 Å². The number of amides is 1. The molecule has 0 radical (unpaired) electrons. The zero-order valence-electron chi connectivity index (χ0n) is 11.4. The van der Waals surface area contributed by atoms with Crippen LogP contribution in [0.1, 0.15) is 40.6 Å². The summed E-state index contributed by atoms with van der Waals surface area (Å²) in [5.74, 6) is -1.50. The number of ether oxygens (including phenoxy) is 1. The maximum atomic E-state index is 12.4. The molecule has 1 saturated heterocycles. The number of aromatic carboxylic acids is 1. The molecule has 108 valence electrons. The Bertz CT molecular complexity index is 498. The van der Waals surface area contributed by atoms with E-state index in [-0.39, 0.29) is 23.3 Å². The van der Waals surface area contributed by atoms with Gasteiger partial charge in [0.05, 0.1) is 11.7 Å². The zero-order chi connectivity index (χ0) is 14.5. The van der Waals surface area contributed by atoms with Crippen LogP contribution in [-0.4, -0.2) is 52.7 Å². The van der Waals surface area contributed by atoms with Crippen LogP contribution in [0.5, 0.6) is 0 Å². The summed E-state index contributed by atoms with van der Waals surface area (Å²) in [6, 6.07) is 2.90. The summed E-state index contributed by atoms with van der Waals surface area (Å²) in [4.78, 5) is 29.1. The lowest BCUT2D eigenvalue weighted by molar-refractivity contribution is 0.0527. The van der Waals surface area contributed by atoms with E-state index in [2.05, 4.69) is 4.98 Å². The number of hydrogen-bond donors (Lipinski definition) is 1. The number of likely N-dealkylation sites (N-methyl/N-ethyl adjacent to an activating group) is 1. The molecule has 1 aliphatic rings. The van der Waals surface area contributed by atoms with Gasteiger partial charge in [-0.25, -0.2) is 4.79 Å². The van der Waals surface area contributed by atoms with E-state index in [9.17, 15) is 9.59 Å². The minimum Gasteiger partial charge on any atom is -0.478 e. The Morgan fingerprint density at radius 1 is 1.55 bits per heavy atom. The van der Waals surface area contributed by atoms with Crippen molar-refractivity contribution in [2.45, 2.75) is 25.9 Å². The Hall–Kier alpha value is -1.95. The first-order valence-corrected chi connectivity index (χ1v) is 6.72. The first-order valence-electron chi connectivity index (χ1n) is 6.72. The van der Waals surface area contributed by atoms with E-state index in [1.165, 1.54) is 18.3 Å². The molecule has 1 aromatic heterocycles. The van der Waals surface area contributed by atoms with Crippen LogP contribution in [0.15, 0.2) is 18.3 Å². The molecule has 0 aliphatic carbocycles. The molecule has 0 aromatic carbocycles. The molecule has 1 atom stereocenters. The highest BCUT2D eigenvalue weighted by Crippen LogP contribution is 2.15. The molecule has 2 heterocycles. The summed E-state index contributed by atoms with van der Waals surface area (Å²) >= 11 is 0. The van der Waals surface area contributed by atoms with Crippen molar-refractivity contribution in [2.24, 2.45) is 0 Å². The molecule has 20 heavy (non-hydrogen) atoms. The van der Waals surface area contributed by atoms with Crippen LogP contribution in [0, 0.1) is 0 Å². The van der Waals surface area contributed by atoms with Gasteiger partial charge in [0.1, 0.15) is 5.69 Å². The molecule has 1 aliphatic heterocycles. The van der Waals surface area contributed by atoms with Gasteiger partial charge in [-0.2, -0.15) is 0 Å². The van der Waals surface area contributed by atoms with Crippen molar-refractivity contribution in [2.75, 3.05) is 19.7 Å². The van der Waals surface area contributed by atoms with Crippen molar-refractivity contribution in [3.63, 3.8) is 0 Å². The minimum absolute atomic E-state index is 0.0140. The smallest absolute Gasteiger partial charge is 0.338 e. The monoisotopic (exact) mass is 278 g/mol. The molecule has 1 aromatic rings. The van der Waals surface area contributed by atoms with Gasteiger partial charge in [-0.05, 0) is 31.9 Å². The number of hydrogen-bond acceptors (Lipinski definition) is 4. The highest BCUT2D eigenvalue weighted by atomic mass is 16.5. The predicted octanol–water partition coefficient (Wildman–Crippen LogP) is 1.42. The number of carbonyl (C=O) groups excluding carboxylic acids is 1. The number of aromatic nitrogens is 1. The summed E-state index contributed by atoms with van der Waals surface area (Å²) in [6.07, 6.45) is 3.40. The van der Waals surface area contributed by atoms with Gasteiger partial charge >= 0.3 is 5.97 Å². The number of rotatable bonds is 5. The average Bonchev–Trinajstić information content (AvgIpc) is 2.97. The Morgan fingerprint density at radius 2 is 2.35 bits per heavy atom. The predicted molar refractivity (Wildman–Crippen MR) is 71.7 cm³/mol. The first-order chi connectivity index (χ1) is 9.63. The maximum absolute atomic E-state index is 12.4. The highest BCUT2D eigenvalue weighted by molar-refractivity contribution is 6.03. The summed E-state index contributed by atoms with van der Waals surface area (Å²) in [5.41, 5.74) is -0.0804. The molecule has 1 fully saturated rings. The fraction of sp³-hybridized carbons (Fsp3) is 0.500. The SMILES string of the molecule is CCN(CC1CCCO1)C(=O)c1ncccc1C(=O)O. The van der Waals surface area contributed by atoms with Gasteiger partial charge in [-0.15, -0.1) is 0 Å². The Labute approximate surface area is 117 Å². The Balaban J connectivity index is 2.17. The van der Waals surface area contributed by atoms with E-state index in [0.29, 0.717) is 13.1 Å². The van der Waals surface area contributed by atoms with E-state index < -0.39 is 5.97 Å². The molecule has 1 amide bonds. The zero-order valence-corrected chi connectivity index (χ0v) is 11.4. The fourth-order valence-corrected chi connectivity index (χ4v) is 2.29. The third kappa shape index (κ3) is 3.14. The lowest BCUT2D eigenvalue weighted by atomic mass is 10.1. The number of pyridine rings is 1. The molecule has 6 nitrogen and oxygen atoms in total. The quantitative estimate of drug-likeness (QED) is 0.881.